The summed E-state index contributed by atoms with van der Waals surface area (Å²) in [5.41, 5.74) is 1.13. The second-order valence-electron chi connectivity index (χ2n) is 3.21. The predicted molar refractivity (Wildman–Crippen MR) is 65.8 cm³/mol. The van der Waals surface area contributed by atoms with Gasteiger partial charge in [-0.2, -0.15) is 5.10 Å². The van der Waals surface area contributed by atoms with E-state index in [1.165, 1.54) is 10.9 Å². The normalized spacial score (nSPS) is 10.4. The molecule has 5 nitrogen and oxygen atoms in total. The zero-order chi connectivity index (χ0) is 11.7. The van der Waals surface area contributed by atoms with Crippen LogP contribution in [0, 0.1) is 10.6 Å². The van der Waals surface area contributed by atoms with E-state index < -0.39 is 5.97 Å². The van der Waals surface area contributed by atoms with Crippen LogP contribution >= 0.6 is 22.6 Å². The summed E-state index contributed by atoms with van der Waals surface area (Å²) in [6, 6.07) is 3.73. The molecule has 0 amide bonds. The van der Waals surface area contributed by atoms with E-state index in [0.29, 0.717) is 9.52 Å². The van der Waals surface area contributed by atoms with Crippen molar-refractivity contribution < 1.29 is 9.90 Å². The SMILES string of the molecule is Cc1cccnc1-n1ncc(C(=O)O)c1I. The molecule has 0 spiro atoms. The second-order valence-corrected chi connectivity index (χ2v) is 4.23. The van der Waals surface area contributed by atoms with Crippen LogP contribution in [0.15, 0.2) is 24.5 Å². The van der Waals surface area contributed by atoms with Crippen molar-refractivity contribution in [2.24, 2.45) is 0 Å². The molecule has 0 bridgehead atoms. The molecule has 0 fully saturated rings. The minimum Gasteiger partial charge on any atom is -0.478 e. The fourth-order valence-corrected chi connectivity index (χ4v) is 2.05. The number of nitrogens with zero attached hydrogens (tertiary/aromatic N) is 3. The number of pyridine rings is 1. The van der Waals surface area contributed by atoms with Crippen molar-refractivity contribution in [1.82, 2.24) is 14.8 Å². The van der Waals surface area contributed by atoms with E-state index in [4.69, 9.17) is 5.11 Å². The van der Waals surface area contributed by atoms with Crippen molar-refractivity contribution in [3.8, 4) is 5.82 Å². The molecule has 0 radical (unpaired) electrons. The Morgan fingerprint density at radius 1 is 1.56 bits per heavy atom. The third-order valence-corrected chi connectivity index (χ3v) is 3.16. The van der Waals surface area contributed by atoms with Crippen LogP contribution in [-0.2, 0) is 0 Å². The molecule has 6 heteroatoms. The lowest BCUT2D eigenvalue weighted by Crippen LogP contribution is -2.05. The van der Waals surface area contributed by atoms with Gasteiger partial charge in [-0.15, -0.1) is 0 Å². The maximum Gasteiger partial charge on any atom is 0.340 e. The lowest BCUT2D eigenvalue weighted by atomic mass is 10.3. The first-order chi connectivity index (χ1) is 7.61. The fraction of sp³-hybridized carbons (Fsp3) is 0.100. The first-order valence-corrected chi connectivity index (χ1v) is 5.58. The van der Waals surface area contributed by atoms with Gasteiger partial charge in [-0.1, -0.05) is 6.07 Å². The van der Waals surface area contributed by atoms with Crippen LogP contribution in [0.1, 0.15) is 15.9 Å². The molecule has 82 valence electrons. The van der Waals surface area contributed by atoms with Gasteiger partial charge < -0.3 is 5.11 Å². The molecule has 0 saturated carbocycles. The van der Waals surface area contributed by atoms with Gasteiger partial charge in [-0.05, 0) is 41.1 Å². The Kier molecular flexibility index (Phi) is 2.90. The smallest absolute Gasteiger partial charge is 0.340 e. The zero-order valence-corrected chi connectivity index (χ0v) is 10.5. The van der Waals surface area contributed by atoms with Crippen LogP contribution in [0.3, 0.4) is 0 Å². The molecular formula is C10H8IN3O2. The van der Waals surface area contributed by atoms with E-state index in [2.05, 4.69) is 10.1 Å². The van der Waals surface area contributed by atoms with E-state index in [1.807, 2.05) is 41.6 Å². The third-order valence-electron chi connectivity index (χ3n) is 2.12. The van der Waals surface area contributed by atoms with Crippen LogP contribution in [0.2, 0.25) is 0 Å². The van der Waals surface area contributed by atoms with Crippen molar-refractivity contribution in [1.29, 1.82) is 0 Å². The maximum absolute atomic E-state index is 10.9. The molecule has 0 atom stereocenters. The van der Waals surface area contributed by atoms with Gasteiger partial charge >= 0.3 is 5.97 Å². The minimum atomic E-state index is -0.982. The third kappa shape index (κ3) is 1.80. The summed E-state index contributed by atoms with van der Waals surface area (Å²) < 4.78 is 2.08. The molecule has 0 saturated heterocycles. The van der Waals surface area contributed by atoms with E-state index in [1.54, 1.807) is 6.20 Å². The van der Waals surface area contributed by atoms with Crippen LogP contribution in [-0.4, -0.2) is 25.8 Å². The number of hydrogen-bond acceptors (Lipinski definition) is 3. The van der Waals surface area contributed by atoms with Crippen LogP contribution < -0.4 is 0 Å². The number of halogens is 1. The van der Waals surface area contributed by atoms with Crippen molar-refractivity contribution in [3.05, 3.63) is 39.4 Å². The molecule has 0 unspecified atom stereocenters. The van der Waals surface area contributed by atoms with Gasteiger partial charge in [0.05, 0.1) is 6.20 Å². The first-order valence-electron chi connectivity index (χ1n) is 4.50. The Labute approximate surface area is 105 Å². The second kappa shape index (κ2) is 4.20. The summed E-state index contributed by atoms with van der Waals surface area (Å²) >= 11 is 1.95. The largest absolute Gasteiger partial charge is 0.478 e. The molecule has 0 aliphatic carbocycles. The fourth-order valence-electron chi connectivity index (χ4n) is 1.32. The number of carbonyl (C=O) groups is 1. The highest BCUT2D eigenvalue weighted by Gasteiger charge is 2.16. The Balaban J connectivity index is 2.58. The van der Waals surface area contributed by atoms with Gasteiger partial charge in [0.1, 0.15) is 9.26 Å². The summed E-state index contributed by atoms with van der Waals surface area (Å²) in [6.45, 7) is 1.90. The predicted octanol–water partition coefficient (Wildman–Crippen LogP) is 1.88. The van der Waals surface area contributed by atoms with Crippen molar-refractivity contribution in [3.63, 3.8) is 0 Å². The number of carboxylic acid groups (broad SMARTS) is 1. The number of aromatic nitrogens is 3. The Morgan fingerprint density at radius 2 is 2.31 bits per heavy atom. The average Bonchev–Trinajstić information content (AvgIpc) is 2.61. The highest BCUT2D eigenvalue weighted by molar-refractivity contribution is 14.1. The summed E-state index contributed by atoms with van der Waals surface area (Å²) in [6.07, 6.45) is 2.98. The highest BCUT2D eigenvalue weighted by Crippen LogP contribution is 2.17. The lowest BCUT2D eigenvalue weighted by molar-refractivity contribution is 0.0695. The van der Waals surface area contributed by atoms with Crippen molar-refractivity contribution >= 4 is 28.6 Å². The number of aromatic carboxylic acids is 1. The van der Waals surface area contributed by atoms with Gasteiger partial charge in [0, 0.05) is 6.20 Å². The van der Waals surface area contributed by atoms with Crippen molar-refractivity contribution in [2.75, 3.05) is 0 Å². The number of hydrogen-bond donors (Lipinski definition) is 1. The van der Waals surface area contributed by atoms with E-state index in [9.17, 15) is 4.79 Å². The topological polar surface area (TPSA) is 68.0 Å². The van der Waals surface area contributed by atoms with Gasteiger partial charge in [0.2, 0.25) is 0 Å². The quantitative estimate of drug-likeness (QED) is 0.855. The van der Waals surface area contributed by atoms with Gasteiger partial charge in [-0.25, -0.2) is 14.5 Å². The molecule has 0 aliphatic rings. The molecule has 0 aliphatic heterocycles. The molecule has 2 heterocycles. The van der Waals surface area contributed by atoms with Crippen molar-refractivity contribution in [2.45, 2.75) is 6.92 Å². The van der Waals surface area contributed by atoms with Crippen LogP contribution in [0.4, 0.5) is 0 Å². The standard InChI is InChI=1S/C10H8IN3O2/c1-6-3-2-4-12-9(6)14-8(11)7(5-13-14)10(15)16/h2-5H,1H3,(H,15,16). The highest BCUT2D eigenvalue weighted by atomic mass is 127. The summed E-state index contributed by atoms with van der Waals surface area (Å²) in [7, 11) is 0. The number of carboxylic acids is 1. The number of rotatable bonds is 2. The Morgan fingerprint density at radius 3 is 2.88 bits per heavy atom. The van der Waals surface area contributed by atoms with Gasteiger partial charge in [-0.3, -0.25) is 0 Å². The number of aryl methyl sites for hydroxylation is 1. The summed E-state index contributed by atoms with van der Waals surface area (Å²) in [4.78, 5) is 15.1. The van der Waals surface area contributed by atoms with E-state index >= 15 is 0 Å². The van der Waals surface area contributed by atoms with E-state index in [-0.39, 0.29) is 5.56 Å². The molecular weight excluding hydrogens is 321 g/mol. The monoisotopic (exact) mass is 329 g/mol. The first kappa shape index (κ1) is 11.1. The average molecular weight is 329 g/mol. The minimum absolute atomic E-state index is 0.186. The Bertz CT molecular complexity index is 551. The van der Waals surface area contributed by atoms with Gasteiger partial charge in [0.15, 0.2) is 5.82 Å². The molecule has 1 N–H and O–H groups in total. The summed E-state index contributed by atoms with van der Waals surface area (Å²) in [5.74, 6) is -0.330. The molecule has 16 heavy (non-hydrogen) atoms. The summed E-state index contributed by atoms with van der Waals surface area (Å²) in [5, 5.41) is 13.0. The van der Waals surface area contributed by atoms with Gasteiger partial charge in [0.25, 0.3) is 0 Å². The maximum atomic E-state index is 10.9. The van der Waals surface area contributed by atoms with E-state index in [0.717, 1.165) is 5.56 Å². The molecule has 2 aromatic rings. The molecule has 2 aromatic heterocycles. The van der Waals surface area contributed by atoms with Crippen LogP contribution in [0.5, 0.6) is 0 Å². The molecule has 0 aromatic carbocycles. The Hall–Kier alpha value is -1.44. The lowest BCUT2D eigenvalue weighted by Gasteiger charge is -2.05. The van der Waals surface area contributed by atoms with Crippen LogP contribution in [0.25, 0.3) is 5.82 Å². The molecule has 2 rings (SSSR count). The zero-order valence-electron chi connectivity index (χ0n) is 8.38.